The van der Waals surface area contributed by atoms with Crippen molar-refractivity contribution in [3.8, 4) is 28.1 Å². The second-order valence-electron chi connectivity index (χ2n) is 14.7. The monoisotopic (exact) mass is 737 g/mol. The van der Waals surface area contributed by atoms with Gasteiger partial charge in [0, 0.05) is 30.5 Å². The quantitative estimate of drug-likeness (QED) is 0.144. The maximum atomic E-state index is 14.1. The van der Waals surface area contributed by atoms with Gasteiger partial charge in [-0.1, -0.05) is 55.5 Å². The van der Waals surface area contributed by atoms with Gasteiger partial charge in [-0.2, -0.15) is 0 Å². The van der Waals surface area contributed by atoms with Crippen LogP contribution in [0.5, 0.6) is 5.75 Å². The van der Waals surface area contributed by atoms with Crippen LogP contribution in [0, 0.1) is 0 Å². The van der Waals surface area contributed by atoms with Crippen LogP contribution in [0.2, 0.25) is 0 Å². The average molecular weight is 738 g/mol. The second-order valence-corrected chi connectivity index (χ2v) is 14.7. The average Bonchev–Trinajstić information content (AvgIpc) is 4.05. The molecule has 3 atom stereocenters. The Bertz CT molecular complexity index is 2440. The number of hydrogen-bond acceptors (Lipinski definition) is 7. The minimum absolute atomic E-state index is 0.00657. The van der Waals surface area contributed by atoms with Crippen LogP contribution in [0.3, 0.4) is 0 Å². The summed E-state index contributed by atoms with van der Waals surface area (Å²) in [5.74, 6) is 2.34. The molecule has 0 bridgehead atoms. The number of ether oxygens (including phenoxy) is 2. The lowest BCUT2D eigenvalue weighted by atomic mass is 9.92. The fraction of sp³-hybridized carbons (Fsp3) is 0.326. The standard InChI is InChI=1S/C43H43N7O5/c1-3-9-37(51)49-18-7-12-34(49)40-44-23-33(46-40)27-14-16-29-28(20-27)24-55-36-22-30-26(21-31(29)36)15-17-32-39(30)47-41(45-32)35-13-8-19-50(35)42(52)38(48-43(53)54-2)25-10-5-4-6-11-25/h4-6,10-11,14-17,20-23,34-35,38H,3,7-9,12-13,18-19,24H2,1-2H3,(H,44,46)(H,45,47)(H,48,53). The van der Waals surface area contributed by atoms with E-state index in [0.717, 1.165) is 100.0 Å². The molecule has 5 heterocycles. The smallest absolute Gasteiger partial charge is 0.407 e. The number of benzene rings is 4. The minimum Gasteiger partial charge on any atom is -0.488 e. The van der Waals surface area contributed by atoms with Gasteiger partial charge in [0.1, 0.15) is 30.0 Å². The summed E-state index contributed by atoms with van der Waals surface area (Å²) in [5.41, 5.74) is 7.56. The Hall–Kier alpha value is -6.17. The number of H-pyrrole nitrogens is 2. The molecule has 12 nitrogen and oxygen atoms in total. The molecule has 3 N–H and O–H groups in total. The van der Waals surface area contributed by atoms with E-state index in [4.69, 9.17) is 19.4 Å². The molecule has 3 aliphatic rings. The summed E-state index contributed by atoms with van der Waals surface area (Å²) >= 11 is 0. The van der Waals surface area contributed by atoms with Gasteiger partial charge in [-0.15, -0.1) is 0 Å². The topological polar surface area (TPSA) is 146 Å². The van der Waals surface area contributed by atoms with E-state index in [1.54, 1.807) is 0 Å². The molecule has 3 unspecified atom stereocenters. The molecule has 12 heteroatoms. The van der Waals surface area contributed by atoms with Crippen molar-refractivity contribution in [1.29, 1.82) is 0 Å². The molecule has 2 fully saturated rings. The molecule has 9 rings (SSSR count). The maximum absolute atomic E-state index is 14.1. The van der Waals surface area contributed by atoms with Crippen molar-refractivity contribution < 1.29 is 23.9 Å². The molecule has 6 aromatic rings. The molecule has 4 aromatic carbocycles. The van der Waals surface area contributed by atoms with Crippen LogP contribution in [0.1, 0.15) is 86.3 Å². The van der Waals surface area contributed by atoms with Crippen molar-refractivity contribution in [2.24, 2.45) is 0 Å². The van der Waals surface area contributed by atoms with Crippen LogP contribution >= 0.6 is 0 Å². The van der Waals surface area contributed by atoms with Crippen LogP contribution in [-0.4, -0.2) is 67.8 Å². The highest BCUT2D eigenvalue weighted by Crippen LogP contribution is 2.43. The van der Waals surface area contributed by atoms with Crippen molar-refractivity contribution >= 4 is 39.7 Å². The molecule has 2 saturated heterocycles. The number of imidazole rings is 2. The number of methoxy groups -OCH3 is 1. The summed E-state index contributed by atoms with van der Waals surface area (Å²) in [7, 11) is 1.29. The largest absolute Gasteiger partial charge is 0.488 e. The third-order valence-corrected chi connectivity index (χ3v) is 11.3. The van der Waals surface area contributed by atoms with E-state index in [9.17, 15) is 14.4 Å². The number of carbonyl (C=O) groups is 3. The number of carbonyl (C=O) groups excluding carboxylic acids is 3. The molecular formula is C43H43N7O5. The highest BCUT2D eigenvalue weighted by Gasteiger charge is 2.37. The summed E-state index contributed by atoms with van der Waals surface area (Å²) in [4.78, 5) is 59.7. The number of nitrogens with zero attached hydrogens (tertiary/aromatic N) is 4. The van der Waals surface area contributed by atoms with Gasteiger partial charge < -0.3 is 34.6 Å². The number of fused-ring (bicyclic) bond motifs is 6. The molecule has 0 saturated carbocycles. The predicted molar refractivity (Wildman–Crippen MR) is 208 cm³/mol. The molecule has 3 amide bonds. The van der Waals surface area contributed by atoms with Gasteiger partial charge in [-0.25, -0.2) is 14.8 Å². The minimum atomic E-state index is -0.885. The fourth-order valence-electron chi connectivity index (χ4n) is 8.58. The van der Waals surface area contributed by atoms with E-state index in [1.165, 1.54) is 7.11 Å². The highest BCUT2D eigenvalue weighted by molar-refractivity contribution is 6.07. The van der Waals surface area contributed by atoms with Crippen molar-refractivity contribution in [2.75, 3.05) is 20.2 Å². The summed E-state index contributed by atoms with van der Waals surface area (Å²) < 4.78 is 11.3. The lowest BCUT2D eigenvalue weighted by Gasteiger charge is -2.28. The van der Waals surface area contributed by atoms with Crippen molar-refractivity contribution in [3.05, 3.63) is 102 Å². The van der Waals surface area contributed by atoms with Gasteiger partial charge in [-0.3, -0.25) is 9.59 Å². The molecule has 0 spiro atoms. The molecule has 3 aliphatic heterocycles. The summed E-state index contributed by atoms with van der Waals surface area (Å²) in [5, 5.41) is 4.74. The molecule has 0 aliphatic carbocycles. The van der Waals surface area contributed by atoms with E-state index in [-0.39, 0.29) is 23.9 Å². The molecular weight excluding hydrogens is 695 g/mol. The van der Waals surface area contributed by atoms with Gasteiger partial charge in [-0.05, 0) is 84.0 Å². The first-order chi connectivity index (χ1) is 26.9. The number of aromatic amines is 2. The maximum Gasteiger partial charge on any atom is 0.407 e. The predicted octanol–water partition coefficient (Wildman–Crippen LogP) is 7.89. The van der Waals surface area contributed by atoms with Gasteiger partial charge in [0.05, 0.1) is 42.1 Å². The van der Waals surface area contributed by atoms with E-state index < -0.39 is 12.1 Å². The van der Waals surface area contributed by atoms with Gasteiger partial charge >= 0.3 is 6.09 Å². The van der Waals surface area contributed by atoms with Crippen LogP contribution in [0.4, 0.5) is 4.79 Å². The SMILES string of the molecule is CCCC(=O)N1CCCC1c1ncc(-c2ccc3c(c2)COc2cc4c(ccc5[nH]c(C6CCCN6C(=O)C(NC(=O)OC)c6ccccc6)nc54)cc2-3)[nH]1. The van der Waals surface area contributed by atoms with Crippen molar-refractivity contribution in [2.45, 2.75) is 70.2 Å². The molecule has 55 heavy (non-hydrogen) atoms. The Kier molecular flexibility index (Phi) is 8.95. The third kappa shape index (κ3) is 6.25. The zero-order chi connectivity index (χ0) is 37.6. The Labute approximate surface area is 318 Å². The number of hydrogen-bond donors (Lipinski definition) is 3. The number of aromatic nitrogens is 4. The first-order valence-electron chi connectivity index (χ1n) is 19.2. The van der Waals surface area contributed by atoms with Crippen molar-refractivity contribution in [1.82, 2.24) is 35.1 Å². The first kappa shape index (κ1) is 34.6. The van der Waals surface area contributed by atoms with Crippen LogP contribution in [0.15, 0.2) is 79.0 Å². The van der Waals surface area contributed by atoms with E-state index in [1.807, 2.05) is 59.3 Å². The van der Waals surface area contributed by atoms with Crippen molar-refractivity contribution in [3.63, 3.8) is 0 Å². The number of rotatable bonds is 8. The van der Waals surface area contributed by atoms with Crippen LogP contribution in [0.25, 0.3) is 44.2 Å². The Balaban J connectivity index is 0.987. The molecule has 0 radical (unpaired) electrons. The lowest BCUT2D eigenvalue weighted by molar-refractivity contribution is -0.134. The highest BCUT2D eigenvalue weighted by atomic mass is 16.5. The second kappa shape index (κ2) is 14.2. The van der Waals surface area contributed by atoms with E-state index in [2.05, 4.69) is 51.7 Å². The fourth-order valence-corrected chi connectivity index (χ4v) is 8.58. The third-order valence-electron chi connectivity index (χ3n) is 11.3. The number of likely N-dealkylation sites (tertiary alicyclic amines) is 2. The van der Waals surface area contributed by atoms with Gasteiger partial charge in [0.2, 0.25) is 5.91 Å². The number of nitrogens with one attached hydrogen (secondary N) is 3. The van der Waals surface area contributed by atoms with E-state index >= 15 is 0 Å². The Morgan fingerprint density at radius 2 is 1.73 bits per heavy atom. The number of amides is 3. The zero-order valence-corrected chi connectivity index (χ0v) is 30.9. The first-order valence-corrected chi connectivity index (χ1v) is 19.2. The molecule has 280 valence electrons. The summed E-state index contributed by atoms with van der Waals surface area (Å²) in [6.07, 6.45) is 6.08. The number of alkyl carbamates (subject to hydrolysis) is 1. The summed E-state index contributed by atoms with van der Waals surface area (Å²) in [6, 6.07) is 22.9. The Morgan fingerprint density at radius 1 is 0.927 bits per heavy atom. The van der Waals surface area contributed by atoms with Gasteiger partial charge in [0.25, 0.3) is 5.91 Å². The lowest BCUT2D eigenvalue weighted by Crippen LogP contribution is -2.42. The van der Waals surface area contributed by atoms with Gasteiger partial charge in [0.15, 0.2) is 0 Å². The normalized spacial score (nSPS) is 18.2. The zero-order valence-electron chi connectivity index (χ0n) is 30.9. The van der Waals surface area contributed by atoms with Crippen LogP contribution in [-0.2, 0) is 20.9 Å². The summed E-state index contributed by atoms with van der Waals surface area (Å²) in [6.45, 7) is 3.80. The Morgan fingerprint density at radius 3 is 2.53 bits per heavy atom. The van der Waals surface area contributed by atoms with Crippen LogP contribution < -0.4 is 10.1 Å². The molecule has 2 aromatic heterocycles. The van der Waals surface area contributed by atoms with E-state index in [0.29, 0.717) is 31.0 Å².